The fourth-order valence-electron chi connectivity index (χ4n) is 4.74. The van der Waals surface area contributed by atoms with E-state index in [0.717, 1.165) is 6.26 Å². The van der Waals surface area contributed by atoms with E-state index in [2.05, 4.69) is 0 Å². The Morgan fingerprint density at radius 2 is 1.86 bits per heavy atom. The van der Waals surface area contributed by atoms with Crippen LogP contribution in [0.15, 0.2) is 35.2 Å². The highest BCUT2D eigenvalue weighted by Crippen LogP contribution is 2.41. The van der Waals surface area contributed by atoms with Crippen LogP contribution in [0.3, 0.4) is 0 Å². The van der Waals surface area contributed by atoms with Gasteiger partial charge in [0.25, 0.3) is 0 Å². The van der Waals surface area contributed by atoms with Gasteiger partial charge in [-0.25, -0.2) is 18.2 Å². The van der Waals surface area contributed by atoms with Crippen molar-refractivity contribution in [1.82, 2.24) is 9.55 Å². The van der Waals surface area contributed by atoms with Crippen molar-refractivity contribution < 1.29 is 31.1 Å². The fraction of sp³-hybridized carbons (Fsp3) is 0.417. The van der Waals surface area contributed by atoms with Crippen LogP contribution in [0.4, 0.5) is 18.9 Å². The number of alkyl halides is 3. The lowest BCUT2D eigenvalue weighted by atomic mass is 9.97. The van der Waals surface area contributed by atoms with Crippen LogP contribution in [-0.4, -0.2) is 43.8 Å². The number of hydrogen-bond acceptors (Lipinski definition) is 6. The number of aromatic nitrogens is 2. The van der Waals surface area contributed by atoms with Crippen molar-refractivity contribution >= 4 is 32.5 Å². The number of ether oxygens (including phenoxy) is 1. The quantitative estimate of drug-likeness (QED) is 0.472. The van der Waals surface area contributed by atoms with E-state index in [-0.39, 0.29) is 28.0 Å². The molecule has 0 radical (unpaired) electrons. The second-order valence-electron chi connectivity index (χ2n) is 9.10. The molecule has 35 heavy (non-hydrogen) atoms. The smallest absolute Gasteiger partial charge is 0.416 e. The van der Waals surface area contributed by atoms with Gasteiger partial charge in [-0.1, -0.05) is 19.9 Å². The van der Waals surface area contributed by atoms with Gasteiger partial charge in [0.15, 0.2) is 9.84 Å². The van der Waals surface area contributed by atoms with E-state index in [9.17, 15) is 26.4 Å². The Hall–Kier alpha value is -3.08. The van der Waals surface area contributed by atoms with Crippen LogP contribution in [0.1, 0.15) is 47.2 Å². The minimum absolute atomic E-state index is 0.0315. The summed E-state index contributed by atoms with van der Waals surface area (Å²) in [5.74, 6) is -0.229. The molecule has 2 heterocycles. The van der Waals surface area contributed by atoms with Crippen LogP contribution in [-0.2, 0) is 27.3 Å². The Morgan fingerprint density at radius 3 is 2.43 bits per heavy atom. The van der Waals surface area contributed by atoms with Gasteiger partial charge in [0.1, 0.15) is 5.82 Å². The highest BCUT2D eigenvalue weighted by molar-refractivity contribution is 7.90. The minimum Gasteiger partial charge on any atom is -0.465 e. The highest BCUT2D eigenvalue weighted by atomic mass is 32.2. The van der Waals surface area contributed by atoms with E-state index in [4.69, 9.17) is 9.72 Å². The third-order valence-corrected chi connectivity index (χ3v) is 7.48. The van der Waals surface area contributed by atoms with E-state index in [0.29, 0.717) is 35.6 Å². The maximum Gasteiger partial charge on any atom is 0.416 e. The number of hydrogen-bond donors (Lipinski definition) is 0. The van der Waals surface area contributed by atoms with E-state index in [1.165, 1.54) is 38.3 Å². The summed E-state index contributed by atoms with van der Waals surface area (Å²) < 4.78 is 72.2. The average Bonchev–Trinajstić information content (AvgIpc) is 3.13. The predicted molar refractivity (Wildman–Crippen MR) is 125 cm³/mol. The van der Waals surface area contributed by atoms with Gasteiger partial charge in [-0.05, 0) is 42.7 Å². The molecule has 0 N–H and O–H groups in total. The molecule has 1 aliphatic heterocycles. The molecule has 1 aromatic heterocycles. The molecule has 188 valence electrons. The molecule has 1 atom stereocenters. The maximum absolute atomic E-state index is 13.6. The Kier molecular flexibility index (Phi) is 6.11. The number of imidazole rings is 1. The van der Waals surface area contributed by atoms with Crippen LogP contribution in [0.5, 0.6) is 0 Å². The number of sulfone groups is 1. The van der Waals surface area contributed by atoms with Crippen LogP contribution >= 0.6 is 0 Å². The first-order valence-electron chi connectivity index (χ1n) is 11.0. The zero-order valence-electron chi connectivity index (χ0n) is 20.0. The summed E-state index contributed by atoms with van der Waals surface area (Å²) in [5.41, 5.74) is 0.752. The Labute approximate surface area is 201 Å². The number of fused-ring (bicyclic) bond motifs is 3. The molecule has 3 aromatic rings. The van der Waals surface area contributed by atoms with Gasteiger partial charge in [-0.15, -0.1) is 0 Å². The Morgan fingerprint density at radius 1 is 1.17 bits per heavy atom. The number of methoxy groups -OCH3 is 1. The molecule has 0 aliphatic carbocycles. The topological polar surface area (TPSA) is 81.5 Å². The molecule has 4 rings (SSSR count). The van der Waals surface area contributed by atoms with Crippen molar-refractivity contribution in [3.63, 3.8) is 0 Å². The Balaban J connectivity index is 1.90. The number of carbonyl (C=O) groups is 1. The number of aryl methyl sites for hydroxylation is 1. The summed E-state index contributed by atoms with van der Waals surface area (Å²) in [6, 6.07) is 6.76. The van der Waals surface area contributed by atoms with Crippen LogP contribution in [0, 0.1) is 12.8 Å². The molecule has 0 unspecified atom stereocenters. The lowest BCUT2D eigenvalue weighted by molar-refractivity contribution is -0.138. The first-order chi connectivity index (χ1) is 16.2. The summed E-state index contributed by atoms with van der Waals surface area (Å²) >= 11 is 0. The number of rotatable bonds is 4. The molecule has 0 saturated carbocycles. The van der Waals surface area contributed by atoms with Crippen molar-refractivity contribution in [1.29, 1.82) is 0 Å². The molecule has 0 spiro atoms. The van der Waals surface area contributed by atoms with Gasteiger partial charge < -0.3 is 14.2 Å². The van der Waals surface area contributed by atoms with Gasteiger partial charge in [-0.3, -0.25) is 0 Å². The van der Waals surface area contributed by atoms with Crippen LogP contribution < -0.4 is 4.90 Å². The zero-order valence-corrected chi connectivity index (χ0v) is 20.8. The van der Waals surface area contributed by atoms with Gasteiger partial charge in [-0.2, -0.15) is 13.2 Å². The zero-order chi connectivity index (χ0) is 25.9. The standard InChI is InChI=1S/C24H26F3N3O4S/c1-13(2)21-22-28-18-11-16(23(31)34-4)20(35(5,32)33)12-19(18)30(22)9-8-29(21)15-7-6-14(3)17(10-15)24(25,26)27/h6-7,10-13,21H,8-9H2,1-5H3/t21-/m1/s1. The summed E-state index contributed by atoms with van der Waals surface area (Å²) in [7, 11) is -2.58. The fourth-order valence-corrected chi connectivity index (χ4v) is 5.60. The molecule has 0 saturated heterocycles. The number of nitrogens with zero attached hydrogens (tertiary/aromatic N) is 3. The second-order valence-corrected chi connectivity index (χ2v) is 11.1. The van der Waals surface area contributed by atoms with Crippen LogP contribution in [0.2, 0.25) is 0 Å². The monoisotopic (exact) mass is 509 g/mol. The van der Waals surface area contributed by atoms with Crippen molar-refractivity contribution in [2.45, 2.75) is 44.4 Å². The summed E-state index contributed by atoms with van der Waals surface area (Å²) in [6.45, 7) is 6.11. The molecule has 7 nitrogen and oxygen atoms in total. The summed E-state index contributed by atoms with van der Waals surface area (Å²) in [6.07, 6.45) is -3.45. The van der Waals surface area contributed by atoms with Gasteiger partial charge >= 0.3 is 12.1 Å². The molecule has 0 bridgehead atoms. The second kappa shape index (κ2) is 8.54. The van der Waals surface area contributed by atoms with Crippen molar-refractivity contribution in [2.24, 2.45) is 5.92 Å². The molecule has 0 fully saturated rings. The van der Waals surface area contributed by atoms with E-state index >= 15 is 0 Å². The van der Waals surface area contributed by atoms with Crippen molar-refractivity contribution in [3.8, 4) is 0 Å². The highest BCUT2D eigenvalue weighted by Gasteiger charge is 2.37. The number of benzene rings is 2. The van der Waals surface area contributed by atoms with E-state index in [1.54, 1.807) is 6.07 Å². The van der Waals surface area contributed by atoms with Crippen molar-refractivity contribution in [2.75, 3.05) is 24.8 Å². The molecule has 11 heteroatoms. The lowest BCUT2D eigenvalue weighted by Crippen LogP contribution is -2.41. The number of anilines is 1. The van der Waals surface area contributed by atoms with Crippen molar-refractivity contribution in [3.05, 3.63) is 52.8 Å². The SMILES string of the molecule is COC(=O)c1cc2nc3n(c2cc1S(C)(=O)=O)CCN(c1ccc(C)c(C(F)(F)F)c1)[C@@H]3C(C)C. The normalized spacial score (nSPS) is 16.6. The van der Waals surface area contributed by atoms with Gasteiger partial charge in [0.2, 0.25) is 0 Å². The number of halogens is 3. The number of carbonyl (C=O) groups excluding carboxylic acids is 1. The first kappa shape index (κ1) is 25.0. The molecular formula is C24H26F3N3O4S. The van der Waals surface area contributed by atoms with Crippen LogP contribution in [0.25, 0.3) is 11.0 Å². The maximum atomic E-state index is 13.6. The third-order valence-electron chi connectivity index (χ3n) is 6.34. The average molecular weight is 510 g/mol. The van der Waals surface area contributed by atoms with Gasteiger partial charge in [0, 0.05) is 25.0 Å². The molecule has 2 aromatic carbocycles. The van der Waals surface area contributed by atoms with Gasteiger partial charge in [0.05, 0.1) is 40.2 Å². The first-order valence-corrected chi connectivity index (χ1v) is 12.9. The lowest BCUT2D eigenvalue weighted by Gasteiger charge is -2.40. The largest absolute Gasteiger partial charge is 0.465 e. The third kappa shape index (κ3) is 4.37. The van der Waals surface area contributed by atoms with E-state index in [1.807, 2.05) is 23.3 Å². The minimum atomic E-state index is -4.47. The summed E-state index contributed by atoms with van der Waals surface area (Å²) in [4.78, 5) is 18.8. The predicted octanol–water partition coefficient (Wildman–Crippen LogP) is 4.77. The summed E-state index contributed by atoms with van der Waals surface area (Å²) in [5, 5.41) is 0. The Bertz CT molecular complexity index is 1430. The molecular weight excluding hydrogens is 483 g/mol. The van der Waals surface area contributed by atoms with E-state index < -0.39 is 27.5 Å². The number of esters is 1. The molecule has 0 amide bonds. The molecule has 1 aliphatic rings.